The Hall–Kier alpha value is -2.42. The SMILES string of the molecule is CC(=O)Nc1cccc(-n2nnnc2SC(C)C(=O)N2CC(C)CC(C)C2)c1. The topological polar surface area (TPSA) is 93.0 Å². The molecule has 0 radical (unpaired) electrons. The number of anilines is 1. The van der Waals surface area contributed by atoms with Crippen LogP contribution in [0.3, 0.4) is 0 Å². The van der Waals surface area contributed by atoms with Crippen LogP contribution in [0, 0.1) is 11.8 Å². The number of amides is 2. The number of thioether (sulfide) groups is 1. The molecule has 2 amide bonds. The van der Waals surface area contributed by atoms with E-state index in [0.717, 1.165) is 25.2 Å². The lowest BCUT2D eigenvalue weighted by atomic mass is 9.92. The zero-order chi connectivity index (χ0) is 20.3. The van der Waals surface area contributed by atoms with E-state index in [9.17, 15) is 9.59 Å². The highest BCUT2D eigenvalue weighted by Crippen LogP contribution is 2.28. The summed E-state index contributed by atoms with van der Waals surface area (Å²) in [5.41, 5.74) is 1.38. The van der Waals surface area contributed by atoms with E-state index in [0.29, 0.717) is 22.7 Å². The quantitative estimate of drug-likeness (QED) is 0.773. The van der Waals surface area contributed by atoms with Crippen LogP contribution in [0.1, 0.15) is 34.1 Å². The number of benzene rings is 1. The molecule has 3 rings (SSSR count). The van der Waals surface area contributed by atoms with Gasteiger partial charge in [-0.05, 0) is 53.8 Å². The van der Waals surface area contributed by atoms with Crippen molar-refractivity contribution in [3.63, 3.8) is 0 Å². The van der Waals surface area contributed by atoms with Gasteiger partial charge in [0, 0.05) is 25.7 Å². The Balaban J connectivity index is 1.73. The zero-order valence-corrected chi connectivity index (χ0v) is 17.4. The van der Waals surface area contributed by atoms with E-state index in [4.69, 9.17) is 0 Å². The first kappa shape index (κ1) is 20.3. The third-order valence-electron chi connectivity index (χ3n) is 4.66. The summed E-state index contributed by atoms with van der Waals surface area (Å²) in [5, 5.41) is 14.9. The summed E-state index contributed by atoms with van der Waals surface area (Å²) in [6.45, 7) is 9.34. The lowest BCUT2D eigenvalue weighted by molar-refractivity contribution is -0.133. The number of carbonyl (C=O) groups excluding carboxylic acids is 2. The van der Waals surface area contributed by atoms with E-state index < -0.39 is 0 Å². The fourth-order valence-electron chi connectivity index (χ4n) is 3.64. The largest absolute Gasteiger partial charge is 0.341 e. The highest BCUT2D eigenvalue weighted by molar-refractivity contribution is 8.00. The van der Waals surface area contributed by atoms with Crippen LogP contribution < -0.4 is 5.32 Å². The minimum atomic E-state index is -0.291. The summed E-state index contributed by atoms with van der Waals surface area (Å²) in [6, 6.07) is 7.27. The molecule has 2 heterocycles. The van der Waals surface area contributed by atoms with Gasteiger partial charge in [-0.1, -0.05) is 31.7 Å². The van der Waals surface area contributed by atoms with Crippen molar-refractivity contribution in [1.82, 2.24) is 25.1 Å². The number of nitrogens with one attached hydrogen (secondary N) is 1. The molecule has 0 bridgehead atoms. The number of hydrogen-bond donors (Lipinski definition) is 1. The first-order chi connectivity index (χ1) is 13.3. The summed E-state index contributed by atoms with van der Waals surface area (Å²) in [6.07, 6.45) is 1.16. The second-order valence-corrected chi connectivity index (χ2v) is 8.86. The smallest absolute Gasteiger partial charge is 0.235 e. The van der Waals surface area contributed by atoms with Crippen molar-refractivity contribution < 1.29 is 9.59 Å². The minimum Gasteiger partial charge on any atom is -0.341 e. The fourth-order valence-corrected chi connectivity index (χ4v) is 4.53. The van der Waals surface area contributed by atoms with Gasteiger partial charge in [0.05, 0.1) is 10.9 Å². The van der Waals surface area contributed by atoms with Gasteiger partial charge in [0.2, 0.25) is 17.0 Å². The molecule has 1 aliphatic heterocycles. The summed E-state index contributed by atoms with van der Waals surface area (Å²) in [7, 11) is 0. The molecule has 0 spiro atoms. The van der Waals surface area contributed by atoms with Crippen LogP contribution in [0.4, 0.5) is 5.69 Å². The summed E-state index contributed by atoms with van der Waals surface area (Å²) < 4.78 is 1.58. The molecule has 28 heavy (non-hydrogen) atoms. The summed E-state index contributed by atoms with van der Waals surface area (Å²) >= 11 is 1.34. The van der Waals surface area contributed by atoms with Crippen LogP contribution in [0.25, 0.3) is 5.69 Å². The maximum absolute atomic E-state index is 12.9. The van der Waals surface area contributed by atoms with Crippen LogP contribution >= 0.6 is 11.8 Å². The Labute approximate surface area is 169 Å². The predicted octanol–water partition coefficient (Wildman–Crippen LogP) is 2.61. The molecular formula is C19H26N6O2S. The fraction of sp³-hybridized carbons (Fsp3) is 0.526. The first-order valence-electron chi connectivity index (χ1n) is 9.45. The summed E-state index contributed by atoms with van der Waals surface area (Å²) in [5.74, 6) is 1.01. The Morgan fingerprint density at radius 1 is 1.25 bits per heavy atom. The van der Waals surface area contributed by atoms with Crippen molar-refractivity contribution in [3.8, 4) is 5.69 Å². The molecule has 0 saturated carbocycles. The van der Waals surface area contributed by atoms with E-state index in [1.165, 1.54) is 18.7 Å². The number of hydrogen-bond acceptors (Lipinski definition) is 6. The van der Waals surface area contributed by atoms with Crippen LogP contribution in [-0.4, -0.2) is 55.3 Å². The second-order valence-electron chi connectivity index (χ2n) is 7.55. The Morgan fingerprint density at radius 3 is 2.64 bits per heavy atom. The Bertz CT molecular complexity index is 844. The van der Waals surface area contributed by atoms with Gasteiger partial charge < -0.3 is 10.2 Å². The lowest BCUT2D eigenvalue weighted by Gasteiger charge is -2.36. The van der Waals surface area contributed by atoms with E-state index in [1.54, 1.807) is 16.8 Å². The van der Waals surface area contributed by atoms with Crippen LogP contribution in [0.15, 0.2) is 29.4 Å². The molecule has 1 fully saturated rings. The van der Waals surface area contributed by atoms with Crippen molar-refractivity contribution in [3.05, 3.63) is 24.3 Å². The molecule has 1 N–H and O–H groups in total. The molecule has 1 saturated heterocycles. The normalized spacial score (nSPS) is 20.6. The number of likely N-dealkylation sites (tertiary alicyclic amines) is 1. The molecule has 0 aliphatic carbocycles. The number of rotatable bonds is 5. The van der Waals surface area contributed by atoms with Gasteiger partial charge in [0.25, 0.3) is 0 Å². The van der Waals surface area contributed by atoms with E-state index in [2.05, 4.69) is 34.7 Å². The van der Waals surface area contributed by atoms with Crippen molar-refractivity contribution >= 4 is 29.3 Å². The van der Waals surface area contributed by atoms with E-state index in [1.807, 2.05) is 24.0 Å². The number of aromatic nitrogens is 4. The highest BCUT2D eigenvalue weighted by Gasteiger charge is 2.29. The molecule has 150 valence electrons. The zero-order valence-electron chi connectivity index (χ0n) is 16.6. The second kappa shape index (κ2) is 8.72. The van der Waals surface area contributed by atoms with Crippen molar-refractivity contribution in [2.24, 2.45) is 11.8 Å². The van der Waals surface area contributed by atoms with Crippen LogP contribution in [-0.2, 0) is 9.59 Å². The minimum absolute atomic E-state index is 0.116. The number of tetrazole rings is 1. The average molecular weight is 403 g/mol. The molecule has 2 aromatic rings. The molecule has 8 nitrogen and oxygen atoms in total. The number of piperidine rings is 1. The van der Waals surface area contributed by atoms with Crippen molar-refractivity contribution in [2.75, 3.05) is 18.4 Å². The molecular weight excluding hydrogens is 376 g/mol. The molecule has 1 aromatic heterocycles. The van der Waals surface area contributed by atoms with Gasteiger partial charge in [0.1, 0.15) is 0 Å². The van der Waals surface area contributed by atoms with Crippen molar-refractivity contribution in [2.45, 2.75) is 44.5 Å². The van der Waals surface area contributed by atoms with E-state index in [-0.39, 0.29) is 17.1 Å². The highest BCUT2D eigenvalue weighted by atomic mass is 32.2. The van der Waals surface area contributed by atoms with Gasteiger partial charge >= 0.3 is 0 Å². The van der Waals surface area contributed by atoms with Gasteiger partial charge in [-0.3, -0.25) is 9.59 Å². The number of carbonyl (C=O) groups is 2. The average Bonchev–Trinajstić information content (AvgIpc) is 3.08. The Kier molecular flexibility index (Phi) is 6.33. The van der Waals surface area contributed by atoms with Gasteiger partial charge in [-0.15, -0.1) is 5.10 Å². The van der Waals surface area contributed by atoms with Crippen LogP contribution in [0.5, 0.6) is 0 Å². The summed E-state index contributed by atoms with van der Waals surface area (Å²) in [4.78, 5) is 26.2. The maximum Gasteiger partial charge on any atom is 0.235 e. The van der Waals surface area contributed by atoms with E-state index >= 15 is 0 Å². The number of nitrogens with zero attached hydrogens (tertiary/aromatic N) is 5. The maximum atomic E-state index is 12.9. The third-order valence-corrected chi connectivity index (χ3v) is 5.68. The molecule has 1 aliphatic rings. The first-order valence-corrected chi connectivity index (χ1v) is 10.3. The van der Waals surface area contributed by atoms with Gasteiger partial charge in [-0.2, -0.15) is 4.68 Å². The molecule has 3 atom stereocenters. The van der Waals surface area contributed by atoms with Crippen LogP contribution in [0.2, 0.25) is 0 Å². The molecule has 9 heteroatoms. The monoisotopic (exact) mass is 402 g/mol. The standard InChI is InChI=1S/C19H26N6O2S/c1-12-8-13(2)11-24(10-12)18(27)14(3)28-19-21-22-23-25(19)17-7-5-6-16(9-17)20-15(4)26/h5-7,9,12-14H,8,10-11H2,1-4H3,(H,20,26). The lowest BCUT2D eigenvalue weighted by Crippen LogP contribution is -2.45. The predicted molar refractivity (Wildman–Crippen MR) is 108 cm³/mol. The third kappa shape index (κ3) is 4.89. The molecule has 1 aromatic carbocycles. The van der Waals surface area contributed by atoms with Gasteiger partial charge in [0.15, 0.2) is 0 Å². The molecule has 3 unspecified atom stereocenters. The van der Waals surface area contributed by atoms with Gasteiger partial charge in [-0.25, -0.2) is 0 Å². The Morgan fingerprint density at radius 2 is 1.96 bits per heavy atom. The van der Waals surface area contributed by atoms with Crippen molar-refractivity contribution in [1.29, 1.82) is 0 Å².